The number of carbonyl (C=O) groups excluding carboxylic acids is 1. The minimum atomic E-state index is -0.569. The maximum absolute atomic E-state index is 12.6. The molecule has 166 valence electrons. The van der Waals surface area contributed by atoms with Crippen molar-refractivity contribution < 1.29 is 19.2 Å². The first-order valence-corrected chi connectivity index (χ1v) is 9.99. The Labute approximate surface area is 188 Å². The van der Waals surface area contributed by atoms with Gasteiger partial charge >= 0.3 is 0 Å². The molecule has 0 radical (unpaired) electrons. The van der Waals surface area contributed by atoms with Gasteiger partial charge in [-0.3, -0.25) is 14.9 Å². The summed E-state index contributed by atoms with van der Waals surface area (Å²) in [6, 6.07) is 18.2. The van der Waals surface area contributed by atoms with Crippen LogP contribution in [-0.2, 0) is 0 Å². The minimum absolute atomic E-state index is 0.139. The van der Waals surface area contributed by atoms with E-state index in [1.54, 1.807) is 36.4 Å². The summed E-state index contributed by atoms with van der Waals surface area (Å²) in [6.45, 7) is 2.51. The van der Waals surface area contributed by atoms with E-state index in [1.807, 2.05) is 19.1 Å². The second kappa shape index (κ2) is 9.60. The quantitative estimate of drug-likeness (QED) is 0.310. The van der Waals surface area contributed by atoms with Crippen molar-refractivity contribution in [3.05, 3.63) is 95.1 Å². The van der Waals surface area contributed by atoms with Gasteiger partial charge in [-0.2, -0.15) is 5.10 Å². The molecular weight excluding hydrogens is 426 g/mol. The largest absolute Gasteiger partial charge is 0.494 e. The summed E-state index contributed by atoms with van der Waals surface area (Å²) < 4.78 is 12.5. The molecule has 4 aromatic rings. The highest BCUT2D eigenvalue weighted by Crippen LogP contribution is 2.26. The summed E-state index contributed by atoms with van der Waals surface area (Å²) in [4.78, 5) is 27.3. The molecule has 0 aliphatic rings. The van der Waals surface area contributed by atoms with Crippen LogP contribution in [0.2, 0.25) is 0 Å². The van der Waals surface area contributed by atoms with Gasteiger partial charge in [0.25, 0.3) is 11.6 Å². The Hall–Kier alpha value is -4.73. The number of hydrogen-bond donors (Lipinski definition) is 1. The second-order valence-corrected chi connectivity index (χ2v) is 6.79. The van der Waals surface area contributed by atoms with Gasteiger partial charge in [-0.25, -0.2) is 9.67 Å². The molecule has 1 heterocycles. The Kier molecular flexibility index (Phi) is 6.26. The number of ether oxygens (including phenoxy) is 2. The zero-order valence-corrected chi connectivity index (χ0v) is 17.5. The van der Waals surface area contributed by atoms with Crippen molar-refractivity contribution in [3.63, 3.8) is 0 Å². The van der Waals surface area contributed by atoms with E-state index in [0.717, 1.165) is 5.75 Å². The molecule has 0 saturated heterocycles. The number of nitrogens with one attached hydrogen (secondary N) is 1. The third kappa shape index (κ3) is 5.13. The van der Waals surface area contributed by atoms with E-state index in [0.29, 0.717) is 23.8 Å². The van der Waals surface area contributed by atoms with Gasteiger partial charge in [0.2, 0.25) is 0 Å². The predicted molar refractivity (Wildman–Crippen MR) is 120 cm³/mol. The van der Waals surface area contributed by atoms with Gasteiger partial charge in [0.1, 0.15) is 35.6 Å². The fraction of sp³-hybridized carbons (Fsp3) is 0.0870. The van der Waals surface area contributed by atoms with Crippen LogP contribution in [0.15, 0.2) is 79.4 Å². The van der Waals surface area contributed by atoms with Crippen molar-refractivity contribution in [3.8, 4) is 22.9 Å². The Morgan fingerprint density at radius 1 is 1.03 bits per heavy atom. The van der Waals surface area contributed by atoms with E-state index in [2.05, 4.69) is 15.4 Å². The van der Waals surface area contributed by atoms with Crippen molar-refractivity contribution in [1.82, 2.24) is 14.8 Å². The van der Waals surface area contributed by atoms with Crippen LogP contribution in [0.4, 0.5) is 11.4 Å². The lowest BCUT2D eigenvalue weighted by molar-refractivity contribution is -0.384. The van der Waals surface area contributed by atoms with Crippen molar-refractivity contribution in [2.24, 2.45) is 0 Å². The number of aromatic nitrogens is 3. The summed E-state index contributed by atoms with van der Waals surface area (Å²) in [5, 5.41) is 18.1. The maximum atomic E-state index is 12.6. The van der Waals surface area contributed by atoms with E-state index < -0.39 is 10.8 Å². The van der Waals surface area contributed by atoms with Gasteiger partial charge < -0.3 is 14.8 Å². The van der Waals surface area contributed by atoms with Gasteiger partial charge in [0.05, 0.1) is 11.5 Å². The van der Waals surface area contributed by atoms with Gasteiger partial charge in [-0.05, 0) is 67.6 Å². The van der Waals surface area contributed by atoms with E-state index in [4.69, 9.17) is 9.47 Å². The number of benzene rings is 3. The summed E-state index contributed by atoms with van der Waals surface area (Å²) in [7, 11) is 0. The summed E-state index contributed by atoms with van der Waals surface area (Å²) in [6.07, 6.45) is 2.62. The molecule has 0 atom stereocenters. The molecule has 0 aliphatic carbocycles. The number of nitro groups is 1. The van der Waals surface area contributed by atoms with Crippen molar-refractivity contribution in [2.45, 2.75) is 6.92 Å². The van der Waals surface area contributed by atoms with Crippen LogP contribution in [0.1, 0.15) is 17.3 Å². The SMILES string of the molecule is CCOc1ccc(Oc2ccc(NC(=O)c3ccc(-n4cncn4)c([N+](=O)[O-])c3)cc2)cc1. The maximum Gasteiger partial charge on any atom is 0.295 e. The van der Waals surface area contributed by atoms with E-state index >= 15 is 0 Å². The van der Waals surface area contributed by atoms with Gasteiger partial charge in [0.15, 0.2) is 0 Å². The van der Waals surface area contributed by atoms with Crippen LogP contribution in [0, 0.1) is 10.1 Å². The molecule has 33 heavy (non-hydrogen) atoms. The Balaban J connectivity index is 1.44. The van der Waals surface area contributed by atoms with Crippen LogP contribution in [-0.4, -0.2) is 32.2 Å². The summed E-state index contributed by atoms with van der Waals surface area (Å²) in [5.74, 6) is 1.51. The zero-order chi connectivity index (χ0) is 23.2. The number of carbonyl (C=O) groups is 1. The lowest BCUT2D eigenvalue weighted by Gasteiger charge is -2.10. The molecule has 1 N–H and O–H groups in total. The number of hydrogen-bond acceptors (Lipinski definition) is 7. The normalized spacial score (nSPS) is 10.5. The fourth-order valence-electron chi connectivity index (χ4n) is 3.05. The second-order valence-electron chi connectivity index (χ2n) is 6.79. The molecule has 0 unspecified atom stereocenters. The van der Waals surface area contributed by atoms with Gasteiger partial charge in [-0.1, -0.05) is 0 Å². The summed E-state index contributed by atoms with van der Waals surface area (Å²) >= 11 is 0. The number of nitrogens with zero attached hydrogens (tertiary/aromatic N) is 4. The lowest BCUT2D eigenvalue weighted by atomic mass is 10.1. The molecule has 10 heteroatoms. The van der Waals surface area contributed by atoms with E-state index in [9.17, 15) is 14.9 Å². The molecule has 0 bridgehead atoms. The molecule has 0 spiro atoms. The topological polar surface area (TPSA) is 121 Å². The van der Waals surface area contributed by atoms with Gasteiger partial charge in [-0.15, -0.1) is 0 Å². The molecule has 0 aliphatic heterocycles. The average Bonchev–Trinajstić information content (AvgIpc) is 3.36. The fourth-order valence-corrected chi connectivity index (χ4v) is 3.05. The number of rotatable bonds is 8. The van der Waals surface area contributed by atoms with Gasteiger partial charge in [0, 0.05) is 17.3 Å². The van der Waals surface area contributed by atoms with Crippen LogP contribution < -0.4 is 14.8 Å². The predicted octanol–water partition coefficient (Wildman–Crippen LogP) is 4.62. The van der Waals surface area contributed by atoms with Crippen LogP contribution in [0.3, 0.4) is 0 Å². The average molecular weight is 445 g/mol. The molecule has 0 fully saturated rings. The molecule has 1 aromatic heterocycles. The van der Waals surface area contributed by atoms with Crippen molar-refractivity contribution in [1.29, 1.82) is 0 Å². The van der Waals surface area contributed by atoms with Crippen LogP contribution in [0.25, 0.3) is 5.69 Å². The smallest absolute Gasteiger partial charge is 0.295 e. The molecular formula is C23H19N5O5. The lowest BCUT2D eigenvalue weighted by Crippen LogP contribution is -2.13. The first-order chi connectivity index (χ1) is 16.0. The third-order valence-corrected chi connectivity index (χ3v) is 4.58. The Morgan fingerprint density at radius 3 is 2.30 bits per heavy atom. The van der Waals surface area contributed by atoms with E-state index in [-0.39, 0.29) is 16.9 Å². The number of amides is 1. The number of anilines is 1. The van der Waals surface area contributed by atoms with Crippen LogP contribution >= 0.6 is 0 Å². The van der Waals surface area contributed by atoms with Crippen LogP contribution in [0.5, 0.6) is 17.2 Å². The molecule has 0 saturated carbocycles. The molecule has 4 rings (SSSR count). The van der Waals surface area contributed by atoms with Crippen molar-refractivity contribution >= 4 is 17.3 Å². The standard InChI is InChI=1S/C23H19N5O5/c1-2-32-18-8-10-20(11-9-18)33-19-6-4-17(5-7-19)26-23(29)16-3-12-21(22(13-16)28(30)31)27-15-24-14-25-27/h3-15H,2H2,1H3,(H,26,29). The molecule has 3 aromatic carbocycles. The zero-order valence-electron chi connectivity index (χ0n) is 17.5. The van der Waals surface area contributed by atoms with Crippen molar-refractivity contribution in [2.75, 3.05) is 11.9 Å². The first-order valence-electron chi connectivity index (χ1n) is 9.99. The number of nitro benzene ring substituents is 1. The third-order valence-electron chi connectivity index (χ3n) is 4.58. The highest BCUT2D eigenvalue weighted by molar-refractivity contribution is 6.04. The Bertz CT molecular complexity index is 1260. The monoisotopic (exact) mass is 445 g/mol. The highest BCUT2D eigenvalue weighted by atomic mass is 16.6. The Morgan fingerprint density at radius 2 is 1.70 bits per heavy atom. The minimum Gasteiger partial charge on any atom is -0.494 e. The molecule has 1 amide bonds. The first kappa shape index (κ1) is 21.5. The molecule has 10 nitrogen and oxygen atoms in total. The van der Waals surface area contributed by atoms with E-state index in [1.165, 1.54) is 35.5 Å². The highest BCUT2D eigenvalue weighted by Gasteiger charge is 2.19. The summed E-state index contributed by atoms with van der Waals surface area (Å²) in [5.41, 5.74) is 0.611.